The molecule has 1 aliphatic carbocycles. The topological polar surface area (TPSA) is 57.6 Å². The number of hydrogen-bond donors (Lipinski definition) is 1. The summed E-state index contributed by atoms with van der Waals surface area (Å²) in [5, 5.41) is 9.10. The molecule has 6 heteroatoms. The Labute approximate surface area is 120 Å². The third kappa shape index (κ3) is 2.50. The first-order chi connectivity index (χ1) is 9.99. The molecule has 3 atom stereocenters. The summed E-state index contributed by atoms with van der Waals surface area (Å²) in [5.74, 6) is -3.44. The summed E-state index contributed by atoms with van der Waals surface area (Å²) in [6, 6.07) is 2.91. The second-order valence-electron chi connectivity index (χ2n) is 5.65. The second kappa shape index (κ2) is 5.09. The van der Waals surface area contributed by atoms with Gasteiger partial charge in [-0.1, -0.05) is 6.07 Å². The normalized spacial score (nSPS) is 27.7. The Bertz CT molecular complexity index is 605. The lowest BCUT2D eigenvalue weighted by Gasteiger charge is -2.21. The molecule has 1 saturated heterocycles. The molecule has 21 heavy (non-hydrogen) atoms. The average molecular weight is 295 g/mol. The van der Waals surface area contributed by atoms with Crippen molar-refractivity contribution in [3.8, 4) is 0 Å². The van der Waals surface area contributed by atoms with Crippen molar-refractivity contribution in [2.75, 3.05) is 6.54 Å². The molecule has 1 aromatic carbocycles. The number of likely N-dealkylation sites (tertiary alicyclic amines) is 1. The molecule has 2 unspecified atom stereocenters. The summed E-state index contributed by atoms with van der Waals surface area (Å²) in [7, 11) is 0. The van der Waals surface area contributed by atoms with E-state index < -0.39 is 23.6 Å². The number of nitrogens with zero attached hydrogens (tertiary/aromatic N) is 1. The van der Waals surface area contributed by atoms with E-state index in [2.05, 4.69) is 0 Å². The van der Waals surface area contributed by atoms with Crippen LogP contribution in [0.1, 0.15) is 30.7 Å². The zero-order chi connectivity index (χ0) is 15.1. The molecule has 4 nitrogen and oxygen atoms in total. The van der Waals surface area contributed by atoms with Crippen LogP contribution in [0, 0.1) is 17.6 Å². The van der Waals surface area contributed by atoms with E-state index in [1.54, 1.807) is 0 Å². The smallest absolute Gasteiger partial charge is 0.326 e. The number of carboxylic acids is 1. The predicted octanol–water partition coefficient (Wildman–Crippen LogP) is 2.14. The minimum atomic E-state index is -0.981. The lowest BCUT2D eigenvalue weighted by Crippen LogP contribution is -2.41. The predicted molar refractivity (Wildman–Crippen MR) is 69.6 cm³/mol. The van der Waals surface area contributed by atoms with Gasteiger partial charge in [0.25, 0.3) is 0 Å². The van der Waals surface area contributed by atoms with Gasteiger partial charge in [-0.2, -0.15) is 0 Å². The number of amides is 1. The Balaban J connectivity index is 1.71. The van der Waals surface area contributed by atoms with E-state index in [0.717, 1.165) is 12.1 Å². The molecule has 0 spiro atoms. The van der Waals surface area contributed by atoms with E-state index in [9.17, 15) is 18.4 Å². The van der Waals surface area contributed by atoms with Crippen molar-refractivity contribution >= 4 is 11.9 Å². The molecule has 112 valence electrons. The highest BCUT2D eigenvalue weighted by molar-refractivity contribution is 5.88. The zero-order valence-electron chi connectivity index (χ0n) is 11.3. The number of carboxylic acid groups (broad SMARTS) is 1. The number of carbonyl (C=O) groups is 2. The largest absolute Gasteiger partial charge is 0.480 e. The molecular formula is C15H15F2NO3. The number of hydrogen-bond acceptors (Lipinski definition) is 2. The van der Waals surface area contributed by atoms with Crippen LogP contribution in [0.25, 0.3) is 0 Å². The highest BCUT2D eigenvalue weighted by Crippen LogP contribution is 2.49. The number of aliphatic carboxylic acids is 1. The number of benzene rings is 1. The van der Waals surface area contributed by atoms with Crippen LogP contribution in [0.15, 0.2) is 18.2 Å². The second-order valence-corrected chi connectivity index (χ2v) is 5.65. The Hall–Kier alpha value is -1.98. The van der Waals surface area contributed by atoms with Crippen molar-refractivity contribution in [3.05, 3.63) is 35.4 Å². The molecule has 1 aromatic rings. The van der Waals surface area contributed by atoms with Gasteiger partial charge in [0, 0.05) is 12.5 Å². The van der Waals surface area contributed by atoms with Crippen LogP contribution in [0.5, 0.6) is 0 Å². The Morgan fingerprint density at radius 3 is 2.67 bits per heavy atom. The van der Waals surface area contributed by atoms with Crippen molar-refractivity contribution in [3.63, 3.8) is 0 Å². The van der Waals surface area contributed by atoms with Gasteiger partial charge in [-0.3, -0.25) is 4.79 Å². The Morgan fingerprint density at radius 2 is 2.00 bits per heavy atom. The first-order valence-electron chi connectivity index (χ1n) is 6.97. The molecule has 1 N–H and O–H groups in total. The van der Waals surface area contributed by atoms with E-state index in [0.29, 0.717) is 31.4 Å². The molecule has 1 saturated carbocycles. The summed E-state index contributed by atoms with van der Waals surface area (Å²) in [6.45, 7) is 0.455. The fourth-order valence-corrected chi connectivity index (χ4v) is 3.08. The van der Waals surface area contributed by atoms with Gasteiger partial charge in [0.1, 0.15) is 6.04 Å². The fraction of sp³-hybridized carbons (Fsp3) is 0.467. The summed E-state index contributed by atoms with van der Waals surface area (Å²) >= 11 is 0. The maximum Gasteiger partial charge on any atom is 0.326 e. The van der Waals surface area contributed by atoms with Gasteiger partial charge < -0.3 is 10.0 Å². The van der Waals surface area contributed by atoms with Crippen LogP contribution in [-0.2, 0) is 9.59 Å². The van der Waals surface area contributed by atoms with Crippen LogP contribution in [0.3, 0.4) is 0 Å². The van der Waals surface area contributed by atoms with Gasteiger partial charge in [-0.25, -0.2) is 13.6 Å². The zero-order valence-corrected chi connectivity index (χ0v) is 11.3. The first-order valence-corrected chi connectivity index (χ1v) is 6.97. The maximum absolute atomic E-state index is 13.2. The number of carbonyl (C=O) groups excluding carboxylic acids is 1. The molecule has 1 heterocycles. The van der Waals surface area contributed by atoms with Crippen molar-refractivity contribution in [1.82, 2.24) is 4.90 Å². The molecule has 2 aliphatic rings. The van der Waals surface area contributed by atoms with Crippen molar-refractivity contribution in [1.29, 1.82) is 0 Å². The van der Waals surface area contributed by atoms with Crippen LogP contribution in [0.4, 0.5) is 8.78 Å². The first kappa shape index (κ1) is 14.0. The monoisotopic (exact) mass is 295 g/mol. The van der Waals surface area contributed by atoms with Gasteiger partial charge >= 0.3 is 5.97 Å². The quantitative estimate of drug-likeness (QED) is 0.929. The van der Waals surface area contributed by atoms with Crippen LogP contribution >= 0.6 is 0 Å². The van der Waals surface area contributed by atoms with Crippen molar-refractivity contribution in [2.45, 2.75) is 31.2 Å². The summed E-state index contributed by atoms with van der Waals surface area (Å²) in [6.07, 6.45) is 1.72. The third-order valence-electron chi connectivity index (χ3n) is 4.30. The Morgan fingerprint density at radius 1 is 1.24 bits per heavy atom. The Kier molecular flexibility index (Phi) is 3.39. The van der Waals surface area contributed by atoms with Crippen LogP contribution in [0.2, 0.25) is 0 Å². The van der Waals surface area contributed by atoms with Gasteiger partial charge in [-0.05, 0) is 42.9 Å². The summed E-state index contributed by atoms with van der Waals surface area (Å²) in [5.41, 5.74) is 0.596. The molecule has 0 radical (unpaired) electrons. The standard InChI is InChI=1S/C15H15F2NO3/c16-11-4-3-8(6-12(11)17)9-7-10(9)14(19)18-5-1-2-13(18)15(20)21/h3-4,6,9-10,13H,1-2,5,7H2,(H,20,21)/t9?,10?,13-/m1/s1. The highest BCUT2D eigenvalue weighted by Gasteiger charge is 2.48. The molecule has 2 fully saturated rings. The molecule has 0 aromatic heterocycles. The number of rotatable bonds is 3. The maximum atomic E-state index is 13.2. The molecule has 3 rings (SSSR count). The van der Waals surface area contributed by atoms with E-state index in [4.69, 9.17) is 5.11 Å². The van der Waals surface area contributed by atoms with E-state index in [-0.39, 0.29) is 17.7 Å². The van der Waals surface area contributed by atoms with Gasteiger partial charge in [0.2, 0.25) is 5.91 Å². The minimum absolute atomic E-state index is 0.136. The van der Waals surface area contributed by atoms with E-state index in [1.165, 1.54) is 11.0 Å². The van der Waals surface area contributed by atoms with Gasteiger partial charge in [0.15, 0.2) is 11.6 Å². The van der Waals surface area contributed by atoms with Crippen molar-refractivity contribution < 1.29 is 23.5 Å². The lowest BCUT2D eigenvalue weighted by atomic mass is 10.1. The third-order valence-corrected chi connectivity index (χ3v) is 4.30. The molecule has 1 aliphatic heterocycles. The van der Waals surface area contributed by atoms with Crippen molar-refractivity contribution in [2.24, 2.45) is 5.92 Å². The molecule has 0 bridgehead atoms. The summed E-state index contributed by atoms with van der Waals surface area (Å²) in [4.78, 5) is 24.9. The fourth-order valence-electron chi connectivity index (χ4n) is 3.08. The van der Waals surface area contributed by atoms with E-state index >= 15 is 0 Å². The average Bonchev–Trinajstić information content (AvgIpc) is 3.08. The molecule has 1 amide bonds. The molecular weight excluding hydrogens is 280 g/mol. The highest BCUT2D eigenvalue weighted by atomic mass is 19.2. The SMILES string of the molecule is O=C(O)[C@H]1CCCN1C(=O)C1CC1c1ccc(F)c(F)c1. The van der Waals surface area contributed by atoms with Gasteiger partial charge in [-0.15, -0.1) is 0 Å². The number of halogens is 2. The minimum Gasteiger partial charge on any atom is -0.480 e. The lowest BCUT2D eigenvalue weighted by molar-refractivity contribution is -0.148. The van der Waals surface area contributed by atoms with Gasteiger partial charge in [0.05, 0.1) is 0 Å². The summed E-state index contributed by atoms with van der Waals surface area (Å²) < 4.78 is 26.1. The van der Waals surface area contributed by atoms with E-state index in [1.807, 2.05) is 0 Å². The van der Waals surface area contributed by atoms with Crippen LogP contribution in [-0.4, -0.2) is 34.5 Å². The van der Waals surface area contributed by atoms with Crippen LogP contribution < -0.4 is 0 Å².